The van der Waals surface area contributed by atoms with Gasteiger partial charge in [-0.2, -0.15) is 10.1 Å². The molecule has 2 aromatic rings. The Morgan fingerprint density at radius 2 is 2.12 bits per heavy atom. The molecule has 0 unspecified atom stereocenters. The molecule has 5 nitrogen and oxygen atoms in total. The monoisotopic (exact) mass is 258 g/mol. The Morgan fingerprint density at radius 3 is 2.75 bits per heavy atom. The number of aromatic nitrogens is 3. The summed E-state index contributed by atoms with van der Waals surface area (Å²) in [4.78, 5) is 3.93. The third kappa shape index (κ3) is 2.20. The molecule has 0 spiro atoms. The maximum absolute atomic E-state index is 5.90. The highest BCUT2D eigenvalue weighted by Gasteiger charge is 2.10. The first-order chi connectivity index (χ1) is 7.56. The number of rotatable bonds is 2. The van der Waals surface area contributed by atoms with Gasteiger partial charge in [0.25, 0.3) is 0 Å². The van der Waals surface area contributed by atoms with Crippen LogP contribution in [0.4, 0.5) is 5.82 Å². The molecule has 0 bridgehead atoms. The first-order valence-electron chi connectivity index (χ1n) is 4.34. The van der Waals surface area contributed by atoms with Gasteiger partial charge in [-0.1, -0.05) is 23.2 Å². The van der Waals surface area contributed by atoms with Gasteiger partial charge < -0.3 is 10.5 Å². The van der Waals surface area contributed by atoms with Gasteiger partial charge in [-0.25, -0.2) is 0 Å². The Balaban J connectivity index is 2.31. The van der Waals surface area contributed by atoms with Crippen molar-refractivity contribution in [2.45, 2.75) is 0 Å². The molecule has 2 aromatic heterocycles. The van der Waals surface area contributed by atoms with Crippen LogP contribution in [0.15, 0.2) is 18.5 Å². The van der Waals surface area contributed by atoms with Crippen molar-refractivity contribution in [2.75, 3.05) is 5.73 Å². The molecule has 2 N–H and O–H groups in total. The van der Waals surface area contributed by atoms with Gasteiger partial charge in [-0.3, -0.25) is 4.68 Å². The Bertz CT molecular complexity index is 526. The van der Waals surface area contributed by atoms with Crippen molar-refractivity contribution in [1.82, 2.24) is 14.8 Å². The lowest BCUT2D eigenvalue weighted by Crippen LogP contribution is -1.95. The Hall–Kier alpha value is -1.46. The van der Waals surface area contributed by atoms with E-state index in [-0.39, 0.29) is 11.7 Å². The summed E-state index contributed by atoms with van der Waals surface area (Å²) in [5.41, 5.74) is 5.55. The number of hydrogen-bond donors (Lipinski definition) is 1. The van der Waals surface area contributed by atoms with Crippen molar-refractivity contribution < 1.29 is 4.74 Å². The van der Waals surface area contributed by atoms with Gasteiger partial charge >= 0.3 is 0 Å². The molecule has 0 aliphatic rings. The van der Waals surface area contributed by atoms with E-state index in [1.165, 1.54) is 6.07 Å². The Labute approximate surface area is 102 Å². The van der Waals surface area contributed by atoms with Crippen LogP contribution in [0.25, 0.3) is 0 Å². The van der Waals surface area contributed by atoms with E-state index in [1.807, 2.05) is 0 Å². The Morgan fingerprint density at radius 1 is 1.38 bits per heavy atom. The summed E-state index contributed by atoms with van der Waals surface area (Å²) >= 11 is 11.7. The molecule has 2 rings (SSSR count). The summed E-state index contributed by atoms with van der Waals surface area (Å²) in [6.45, 7) is 0. The van der Waals surface area contributed by atoms with E-state index >= 15 is 0 Å². The van der Waals surface area contributed by atoms with Gasteiger partial charge in [0.2, 0.25) is 5.88 Å². The molecule has 0 amide bonds. The smallest absolute Gasteiger partial charge is 0.240 e. The van der Waals surface area contributed by atoms with E-state index in [0.29, 0.717) is 15.8 Å². The molecule has 0 atom stereocenters. The molecule has 84 valence electrons. The predicted octanol–water partition coefficient (Wildman–Crippen LogP) is 2.50. The van der Waals surface area contributed by atoms with Crippen LogP contribution >= 0.6 is 23.2 Å². The normalized spacial score (nSPS) is 10.4. The standard InChI is InChI=1S/C9H8Cl2N4O/c1-15-4-5(3-13-15)16-9-7(11)2-6(10)8(12)14-9/h2-4H,1H3,(H2,12,14). The van der Waals surface area contributed by atoms with E-state index < -0.39 is 0 Å². The largest absolute Gasteiger partial charge is 0.434 e. The number of ether oxygens (including phenoxy) is 1. The van der Waals surface area contributed by atoms with Crippen LogP contribution in [0.2, 0.25) is 10.0 Å². The van der Waals surface area contributed by atoms with Crippen LogP contribution in [0.1, 0.15) is 0 Å². The third-order valence-corrected chi connectivity index (χ3v) is 2.39. The molecule has 2 heterocycles. The quantitative estimate of drug-likeness (QED) is 0.899. The molecular formula is C9H8Cl2N4O. The van der Waals surface area contributed by atoms with E-state index in [2.05, 4.69) is 10.1 Å². The second kappa shape index (κ2) is 4.19. The highest BCUT2D eigenvalue weighted by molar-refractivity contribution is 6.36. The molecule has 16 heavy (non-hydrogen) atoms. The number of aryl methyl sites for hydroxylation is 1. The zero-order valence-corrected chi connectivity index (χ0v) is 9.83. The second-order valence-electron chi connectivity index (χ2n) is 3.09. The average molecular weight is 259 g/mol. The maximum Gasteiger partial charge on any atom is 0.240 e. The van der Waals surface area contributed by atoms with Gasteiger partial charge in [-0.05, 0) is 6.07 Å². The lowest BCUT2D eigenvalue weighted by Gasteiger charge is -2.05. The van der Waals surface area contributed by atoms with Crippen LogP contribution in [-0.2, 0) is 7.05 Å². The third-order valence-electron chi connectivity index (χ3n) is 1.82. The van der Waals surface area contributed by atoms with Crippen molar-refractivity contribution in [3.63, 3.8) is 0 Å². The molecule has 0 saturated carbocycles. The fourth-order valence-corrected chi connectivity index (χ4v) is 1.49. The highest BCUT2D eigenvalue weighted by atomic mass is 35.5. The van der Waals surface area contributed by atoms with Crippen LogP contribution in [0, 0.1) is 0 Å². The Kier molecular flexibility index (Phi) is 2.89. The van der Waals surface area contributed by atoms with E-state index in [0.717, 1.165) is 0 Å². The summed E-state index contributed by atoms with van der Waals surface area (Å²) < 4.78 is 7.00. The lowest BCUT2D eigenvalue weighted by molar-refractivity contribution is 0.463. The minimum atomic E-state index is 0.171. The van der Waals surface area contributed by atoms with Crippen LogP contribution in [-0.4, -0.2) is 14.8 Å². The van der Waals surface area contributed by atoms with Gasteiger partial charge in [0.15, 0.2) is 5.75 Å². The number of hydrogen-bond acceptors (Lipinski definition) is 4. The van der Waals surface area contributed by atoms with Crippen molar-refractivity contribution in [3.8, 4) is 11.6 Å². The summed E-state index contributed by atoms with van der Waals surface area (Å²) in [5.74, 6) is 0.903. The van der Waals surface area contributed by atoms with Crippen molar-refractivity contribution in [2.24, 2.45) is 7.05 Å². The van der Waals surface area contributed by atoms with Gasteiger partial charge in [0.1, 0.15) is 10.8 Å². The van der Waals surface area contributed by atoms with E-state index in [1.54, 1.807) is 24.1 Å². The summed E-state index contributed by atoms with van der Waals surface area (Å²) in [6.07, 6.45) is 3.23. The van der Waals surface area contributed by atoms with Crippen LogP contribution in [0.5, 0.6) is 11.6 Å². The fourth-order valence-electron chi connectivity index (χ4n) is 1.10. The summed E-state index contributed by atoms with van der Waals surface area (Å²) in [6, 6.07) is 1.48. The van der Waals surface area contributed by atoms with Crippen molar-refractivity contribution in [1.29, 1.82) is 0 Å². The highest BCUT2D eigenvalue weighted by Crippen LogP contribution is 2.31. The predicted molar refractivity (Wildman–Crippen MR) is 62.0 cm³/mol. The molecule has 7 heteroatoms. The topological polar surface area (TPSA) is 66.0 Å². The van der Waals surface area contributed by atoms with Crippen molar-refractivity contribution in [3.05, 3.63) is 28.5 Å². The zero-order chi connectivity index (χ0) is 11.7. The SMILES string of the molecule is Cn1cc(Oc2nc(N)c(Cl)cc2Cl)cn1. The van der Waals surface area contributed by atoms with Crippen molar-refractivity contribution >= 4 is 29.0 Å². The van der Waals surface area contributed by atoms with Gasteiger partial charge in [0.05, 0.1) is 17.4 Å². The summed E-state index contributed by atoms with van der Waals surface area (Å²) in [5, 5.41) is 4.54. The van der Waals surface area contributed by atoms with Crippen LogP contribution < -0.4 is 10.5 Å². The molecule has 0 fully saturated rings. The number of nitrogens with two attached hydrogens (primary N) is 1. The van der Waals surface area contributed by atoms with E-state index in [9.17, 15) is 0 Å². The number of anilines is 1. The van der Waals surface area contributed by atoms with E-state index in [4.69, 9.17) is 33.7 Å². The number of nitrogens with zero attached hydrogens (tertiary/aromatic N) is 3. The minimum absolute atomic E-state index is 0.171. The molecule has 0 aliphatic heterocycles. The molecule has 0 radical (unpaired) electrons. The molecular weight excluding hydrogens is 251 g/mol. The maximum atomic E-state index is 5.90. The summed E-state index contributed by atoms with van der Waals surface area (Å²) in [7, 11) is 1.78. The number of halogens is 2. The first kappa shape index (κ1) is 11.0. The lowest BCUT2D eigenvalue weighted by atomic mass is 10.4. The number of pyridine rings is 1. The molecule has 0 aliphatic carbocycles. The fraction of sp³-hybridized carbons (Fsp3) is 0.111. The molecule has 0 saturated heterocycles. The second-order valence-corrected chi connectivity index (χ2v) is 3.91. The molecule has 0 aromatic carbocycles. The average Bonchev–Trinajstić information content (AvgIpc) is 2.60. The van der Waals surface area contributed by atoms with Gasteiger partial charge in [0, 0.05) is 7.05 Å². The van der Waals surface area contributed by atoms with Crippen LogP contribution in [0.3, 0.4) is 0 Å². The first-order valence-corrected chi connectivity index (χ1v) is 5.10. The zero-order valence-electron chi connectivity index (χ0n) is 8.32. The minimum Gasteiger partial charge on any atom is -0.434 e. The van der Waals surface area contributed by atoms with Gasteiger partial charge in [-0.15, -0.1) is 0 Å². The number of nitrogen functional groups attached to an aromatic ring is 1.